The number of nitrogens with zero attached hydrogens (tertiary/aromatic N) is 6. The van der Waals surface area contributed by atoms with Crippen molar-refractivity contribution in [1.29, 1.82) is 0 Å². The molecule has 13 heteroatoms. The van der Waals surface area contributed by atoms with E-state index in [4.69, 9.17) is 6.42 Å². The summed E-state index contributed by atoms with van der Waals surface area (Å²) in [5, 5.41) is 11.2. The molecule has 0 fully saturated rings. The molecule has 4 aromatic heterocycles. The van der Waals surface area contributed by atoms with Gasteiger partial charge in [-0.3, -0.25) is 0 Å². The lowest BCUT2D eigenvalue weighted by molar-refractivity contribution is -0.137. The first-order chi connectivity index (χ1) is 15.4. The van der Waals surface area contributed by atoms with Crippen molar-refractivity contribution in [3.63, 3.8) is 0 Å². The van der Waals surface area contributed by atoms with Crippen LogP contribution in [0.2, 0.25) is 0 Å². The minimum absolute atomic E-state index is 0.0173. The number of pyridine rings is 1. The molecule has 4 heterocycles. The van der Waals surface area contributed by atoms with Gasteiger partial charge in [-0.25, -0.2) is 22.9 Å². The molecular formula is C20H18F3N7O2S. The summed E-state index contributed by atoms with van der Waals surface area (Å²) in [5.74, 6) is 2.54. The summed E-state index contributed by atoms with van der Waals surface area (Å²) in [4.78, 5) is 8.39. The van der Waals surface area contributed by atoms with Gasteiger partial charge in [0.1, 0.15) is 11.4 Å². The second kappa shape index (κ2) is 7.45. The van der Waals surface area contributed by atoms with Gasteiger partial charge in [0.15, 0.2) is 32.0 Å². The number of anilines is 1. The maximum atomic E-state index is 13.1. The summed E-state index contributed by atoms with van der Waals surface area (Å²) < 4.78 is 67.4. The lowest BCUT2D eigenvalue weighted by Gasteiger charge is -2.21. The van der Waals surface area contributed by atoms with E-state index in [2.05, 4.69) is 31.4 Å². The van der Waals surface area contributed by atoms with Crippen molar-refractivity contribution in [2.75, 3.05) is 11.1 Å². The molecule has 0 aliphatic carbocycles. The highest BCUT2D eigenvalue weighted by Gasteiger charge is 2.32. The largest absolute Gasteiger partial charge is 0.416 e. The summed E-state index contributed by atoms with van der Waals surface area (Å²) in [6.07, 6.45) is 3.50. The number of sulfone groups is 1. The molecule has 4 rings (SSSR count). The van der Waals surface area contributed by atoms with Crippen LogP contribution in [0.4, 0.5) is 19.0 Å². The number of halogens is 3. The Labute approximate surface area is 186 Å². The molecule has 1 N–H and O–H groups in total. The third-order valence-electron chi connectivity index (χ3n) is 4.85. The zero-order chi connectivity index (χ0) is 24.2. The van der Waals surface area contributed by atoms with Crippen LogP contribution in [0.25, 0.3) is 22.7 Å². The molecule has 9 nitrogen and oxygen atoms in total. The normalized spacial score (nSPS) is 12.9. The smallest absolute Gasteiger partial charge is 0.354 e. The van der Waals surface area contributed by atoms with E-state index in [1.54, 1.807) is 19.9 Å². The molecule has 33 heavy (non-hydrogen) atoms. The summed E-state index contributed by atoms with van der Waals surface area (Å²) in [6, 6.07) is 3.25. The van der Waals surface area contributed by atoms with Crippen LogP contribution in [0, 0.1) is 12.3 Å². The second-order valence-electron chi connectivity index (χ2n) is 7.69. The van der Waals surface area contributed by atoms with Gasteiger partial charge in [-0.2, -0.15) is 22.8 Å². The van der Waals surface area contributed by atoms with Crippen molar-refractivity contribution in [3.8, 4) is 23.7 Å². The lowest BCUT2D eigenvalue weighted by atomic mass is 10.1. The SMILES string of the molecule is C#CC(C)(C)Nc1ccnc2c(-c3nc4cc(C(F)(F)F)ccn4n3)c(S(=O)(=O)CC)nn12. The van der Waals surface area contributed by atoms with Gasteiger partial charge < -0.3 is 5.32 Å². The Balaban J connectivity index is 2.00. The number of aromatic nitrogens is 6. The highest BCUT2D eigenvalue weighted by molar-refractivity contribution is 7.91. The van der Waals surface area contributed by atoms with Gasteiger partial charge in [-0.15, -0.1) is 11.5 Å². The highest BCUT2D eigenvalue weighted by Crippen LogP contribution is 2.33. The van der Waals surface area contributed by atoms with Gasteiger partial charge >= 0.3 is 6.18 Å². The Morgan fingerprint density at radius 3 is 2.58 bits per heavy atom. The summed E-state index contributed by atoms with van der Waals surface area (Å²) >= 11 is 0. The van der Waals surface area contributed by atoms with Crippen LogP contribution in [-0.4, -0.2) is 48.9 Å². The number of hydrogen-bond donors (Lipinski definition) is 1. The van der Waals surface area contributed by atoms with Gasteiger partial charge in [0.05, 0.1) is 16.9 Å². The fourth-order valence-corrected chi connectivity index (χ4v) is 4.06. The molecule has 0 radical (unpaired) electrons. The van der Waals surface area contributed by atoms with E-state index in [1.807, 2.05) is 0 Å². The van der Waals surface area contributed by atoms with Crippen LogP contribution < -0.4 is 5.32 Å². The van der Waals surface area contributed by atoms with Crippen LogP contribution in [-0.2, 0) is 16.0 Å². The average Bonchev–Trinajstić information content (AvgIpc) is 3.34. The number of hydrogen-bond acceptors (Lipinski definition) is 7. The zero-order valence-electron chi connectivity index (χ0n) is 17.7. The Kier molecular flexibility index (Phi) is 5.08. The summed E-state index contributed by atoms with van der Waals surface area (Å²) in [7, 11) is -3.88. The predicted molar refractivity (Wildman–Crippen MR) is 114 cm³/mol. The third kappa shape index (κ3) is 3.97. The topological polar surface area (TPSA) is 107 Å². The lowest BCUT2D eigenvalue weighted by Crippen LogP contribution is -2.29. The van der Waals surface area contributed by atoms with Crippen molar-refractivity contribution in [1.82, 2.24) is 29.2 Å². The fraction of sp³-hybridized carbons (Fsp3) is 0.300. The number of fused-ring (bicyclic) bond motifs is 2. The zero-order valence-corrected chi connectivity index (χ0v) is 18.5. The van der Waals surface area contributed by atoms with Crippen molar-refractivity contribution < 1.29 is 21.6 Å². The number of nitrogens with one attached hydrogen (secondary N) is 1. The molecule has 0 unspecified atom stereocenters. The van der Waals surface area contributed by atoms with E-state index in [0.717, 1.165) is 22.8 Å². The molecule has 0 saturated heterocycles. The maximum Gasteiger partial charge on any atom is 0.416 e. The van der Waals surface area contributed by atoms with Crippen LogP contribution in [0.3, 0.4) is 0 Å². The molecule has 172 valence electrons. The van der Waals surface area contributed by atoms with E-state index < -0.39 is 27.1 Å². The van der Waals surface area contributed by atoms with Gasteiger partial charge in [0, 0.05) is 12.4 Å². The van der Waals surface area contributed by atoms with Gasteiger partial charge in [0.25, 0.3) is 0 Å². The molecule has 0 bridgehead atoms. The molecule has 0 amide bonds. The van der Waals surface area contributed by atoms with Crippen LogP contribution in [0.1, 0.15) is 26.3 Å². The fourth-order valence-electron chi connectivity index (χ4n) is 3.09. The first-order valence-corrected chi connectivity index (χ1v) is 11.3. The monoisotopic (exact) mass is 477 g/mol. The first kappa shape index (κ1) is 22.5. The van der Waals surface area contributed by atoms with E-state index in [0.29, 0.717) is 5.82 Å². The molecule has 0 spiro atoms. The first-order valence-electron chi connectivity index (χ1n) is 9.67. The molecular weight excluding hydrogens is 459 g/mol. The summed E-state index contributed by atoms with van der Waals surface area (Å²) in [5.41, 5.74) is -1.72. The Morgan fingerprint density at radius 1 is 1.21 bits per heavy atom. The van der Waals surface area contributed by atoms with Crippen LogP contribution >= 0.6 is 0 Å². The predicted octanol–water partition coefficient (Wildman–Crippen LogP) is 3.08. The van der Waals surface area contributed by atoms with Crippen LogP contribution in [0.5, 0.6) is 0 Å². The number of alkyl halides is 3. The number of terminal acetylenes is 1. The van der Waals surface area contributed by atoms with Crippen molar-refractivity contribution in [2.45, 2.75) is 37.5 Å². The van der Waals surface area contributed by atoms with E-state index in [-0.39, 0.29) is 33.5 Å². The van der Waals surface area contributed by atoms with Gasteiger partial charge in [0.2, 0.25) is 0 Å². The molecule has 0 saturated carbocycles. The molecule has 0 aliphatic rings. The average molecular weight is 477 g/mol. The Morgan fingerprint density at radius 2 is 1.94 bits per heavy atom. The van der Waals surface area contributed by atoms with Crippen molar-refractivity contribution in [3.05, 3.63) is 36.2 Å². The molecule has 0 aliphatic heterocycles. The minimum Gasteiger partial charge on any atom is -0.354 e. The van der Waals surface area contributed by atoms with Gasteiger partial charge in [-0.1, -0.05) is 12.8 Å². The maximum absolute atomic E-state index is 13.1. The van der Waals surface area contributed by atoms with Crippen LogP contribution in [0.15, 0.2) is 35.6 Å². The van der Waals surface area contributed by atoms with E-state index >= 15 is 0 Å². The standard InChI is InChI=1S/C20H18F3N7O2S/c1-5-19(3,4)26-13-7-9-24-17-15(18(28-30(13)17)33(31,32)6-2)16-25-14-11-12(20(21,22)23)8-10-29(14)27-16/h1,7-11,26H,6H2,2-4H3. The van der Waals surface area contributed by atoms with E-state index in [9.17, 15) is 21.6 Å². The molecule has 0 atom stereocenters. The van der Waals surface area contributed by atoms with E-state index in [1.165, 1.54) is 17.6 Å². The summed E-state index contributed by atoms with van der Waals surface area (Å²) in [6.45, 7) is 4.94. The second-order valence-corrected chi connectivity index (χ2v) is 9.89. The van der Waals surface area contributed by atoms with Crippen molar-refractivity contribution in [2.24, 2.45) is 0 Å². The molecule has 4 aromatic rings. The minimum atomic E-state index is -4.57. The number of rotatable bonds is 5. The quantitative estimate of drug-likeness (QED) is 0.440. The highest BCUT2D eigenvalue weighted by atomic mass is 32.2. The third-order valence-corrected chi connectivity index (χ3v) is 6.49. The Hall–Kier alpha value is -3.66. The van der Waals surface area contributed by atoms with Gasteiger partial charge in [-0.05, 0) is 32.0 Å². The van der Waals surface area contributed by atoms with Crippen molar-refractivity contribution >= 4 is 26.9 Å². The molecule has 0 aromatic carbocycles. The Bertz CT molecular complexity index is 1530.